The molecule has 0 aromatic carbocycles. The van der Waals surface area contributed by atoms with Crippen LogP contribution in [0, 0.1) is 11.8 Å². The Morgan fingerprint density at radius 3 is 2.19 bits per heavy atom. The third kappa shape index (κ3) is 6.37. The van der Waals surface area contributed by atoms with Crippen molar-refractivity contribution in [3.8, 4) is 0 Å². The number of aliphatic carboxylic acids is 1. The predicted molar refractivity (Wildman–Crippen MR) is 69.1 cm³/mol. The van der Waals surface area contributed by atoms with E-state index in [0.29, 0.717) is 12.3 Å². The highest BCUT2D eigenvalue weighted by atomic mass is 35.5. The number of unbranched alkanes of at least 4 members (excludes halogenated alkanes) is 2. The van der Waals surface area contributed by atoms with Crippen LogP contribution in [0.1, 0.15) is 64.7 Å². The van der Waals surface area contributed by atoms with Crippen LogP contribution in [0.25, 0.3) is 0 Å². The molecule has 16 heavy (non-hydrogen) atoms. The van der Waals surface area contributed by atoms with E-state index in [1.54, 1.807) is 0 Å². The summed E-state index contributed by atoms with van der Waals surface area (Å²) in [5.41, 5.74) is 0. The summed E-state index contributed by atoms with van der Waals surface area (Å²) in [4.78, 5) is 10.6. The van der Waals surface area contributed by atoms with E-state index in [0.717, 1.165) is 18.8 Å². The van der Waals surface area contributed by atoms with Gasteiger partial charge in [-0.25, -0.2) is 0 Å². The largest absolute Gasteiger partial charge is 0.481 e. The Kier molecular flexibility index (Phi) is 8.73. The van der Waals surface area contributed by atoms with Crippen LogP contribution in [0.2, 0.25) is 0 Å². The maximum absolute atomic E-state index is 10.6. The predicted octanol–water partition coefficient (Wildman–Crippen LogP) is 4.27. The first kappa shape index (κ1) is 15.8. The van der Waals surface area contributed by atoms with E-state index in [1.807, 2.05) is 0 Å². The smallest absolute Gasteiger partial charge is 0.303 e. The van der Waals surface area contributed by atoms with Crippen molar-refractivity contribution in [2.75, 3.05) is 0 Å². The summed E-state index contributed by atoms with van der Waals surface area (Å²) >= 11 is 0. The topological polar surface area (TPSA) is 37.3 Å². The fourth-order valence-electron chi connectivity index (χ4n) is 2.65. The van der Waals surface area contributed by atoms with Crippen molar-refractivity contribution in [1.29, 1.82) is 0 Å². The number of rotatable bonds is 6. The molecule has 0 bridgehead atoms. The molecule has 0 unspecified atom stereocenters. The molecule has 0 aliphatic heterocycles. The maximum Gasteiger partial charge on any atom is 0.303 e. The molecule has 1 aliphatic rings. The van der Waals surface area contributed by atoms with Crippen molar-refractivity contribution in [3.05, 3.63) is 0 Å². The van der Waals surface area contributed by atoms with Gasteiger partial charge in [0.1, 0.15) is 0 Å². The Balaban J connectivity index is 0.00000225. The van der Waals surface area contributed by atoms with Gasteiger partial charge in [0.15, 0.2) is 0 Å². The molecule has 0 aromatic rings. The van der Waals surface area contributed by atoms with Crippen LogP contribution in [0.3, 0.4) is 0 Å². The summed E-state index contributed by atoms with van der Waals surface area (Å²) < 4.78 is 0. The molecule has 3 heteroatoms. The molecule has 96 valence electrons. The quantitative estimate of drug-likeness (QED) is 0.713. The zero-order valence-corrected chi connectivity index (χ0v) is 11.1. The zero-order valence-electron chi connectivity index (χ0n) is 10.3. The SMILES string of the molecule is CCCCCC1CCC(CC(=O)O)CC1.Cl. The van der Waals surface area contributed by atoms with Gasteiger partial charge in [-0.15, -0.1) is 12.4 Å². The standard InChI is InChI=1S/C13H24O2.ClH/c1-2-3-4-5-11-6-8-12(9-7-11)10-13(14)15;/h11-12H,2-10H2,1H3,(H,14,15);1H. The van der Waals surface area contributed by atoms with Crippen LogP contribution >= 0.6 is 12.4 Å². The van der Waals surface area contributed by atoms with Crippen LogP contribution < -0.4 is 0 Å². The minimum atomic E-state index is -0.621. The molecule has 0 atom stereocenters. The van der Waals surface area contributed by atoms with Gasteiger partial charge >= 0.3 is 5.97 Å². The van der Waals surface area contributed by atoms with Crippen LogP contribution in [0.15, 0.2) is 0 Å². The highest BCUT2D eigenvalue weighted by Crippen LogP contribution is 2.33. The minimum absolute atomic E-state index is 0. The van der Waals surface area contributed by atoms with Gasteiger partial charge in [-0.3, -0.25) is 4.79 Å². The van der Waals surface area contributed by atoms with Gasteiger partial charge in [0, 0.05) is 6.42 Å². The van der Waals surface area contributed by atoms with E-state index >= 15 is 0 Å². The minimum Gasteiger partial charge on any atom is -0.481 e. The normalized spacial score (nSPS) is 24.8. The fourth-order valence-corrected chi connectivity index (χ4v) is 2.65. The zero-order chi connectivity index (χ0) is 11.1. The lowest BCUT2D eigenvalue weighted by molar-refractivity contribution is -0.138. The summed E-state index contributed by atoms with van der Waals surface area (Å²) in [6, 6.07) is 0. The highest BCUT2D eigenvalue weighted by molar-refractivity contribution is 5.85. The second-order valence-electron chi connectivity index (χ2n) is 4.98. The molecular weight excluding hydrogens is 224 g/mol. The van der Waals surface area contributed by atoms with E-state index < -0.39 is 5.97 Å². The van der Waals surface area contributed by atoms with E-state index in [1.165, 1.54) is 38.5 Å². The van der Waals surface area contributed by atoms with Gasteiger partial charge in [-0.2, -0.15) is 0 Å². The molecule has 0 heterocycles. The lowest BCUT2D eigenvalue weighted by Gasteiger charge is -2.27. The Bertz CT molecular complexity index is 186. The Morgan fingerprint density at radius 2 is 1.69 bits per heavy atom. The average Bonchev–Trinajstić information content (AvgIpc) is 2.20. The molecule has 0 spiro atoms. The van der Waals surface area contributed by atoms with Gasteiger partial charge in [0.2, 0.25) is 0 Å². The van der Waals surface area contributed by atoms with Crippen molar-refractivity contribution in [3.63, 3.8) is 0 Å². The Labute approximate surface area is 105 Å². The first-order valence-corrected chi connectivity index (χ1v) is 6.44. The Hall–Kier alpha value is -0.240. The number of carboxylic acids is 1. The molecule has 2 nitrogen and oxygen atoms in total. The van der Waals surface area contributed by atoms with Gasteiger partial charge in [0.25, 0.3) is 0 Å². The van der Waals surface area contributed by atoms with Crippen molar-refractivity contribution in [2.24, 2.45) is 11.8 Å². The van der Waals surface area contributed by atoms with Crippen molar-refractivity contribution in [2.45, 2.75) is 64.7 Å². The monoisotopic (exact) mass is 248 g/mol. The molecule has 0 radical (unpaired) electrons. The fraction of sp³-hybridized carbons (Fsp3) is 0.923. The number of hydrogen-bond donors (Lipinski definition) is 1. The first-order valence-electron chi connectivity index (χ1n) is 6.44. The molecule has 0 amide bonds. The summed E-state index contributed by atoms with van der Waals surface area (Å²) in [6.07, 6.45) is 10.6. The molecule has 0 aromatic heterocycles. The second-order valence-corrected chi connectivity index (χ2v) is 4.98. The lowest BCUT2D eigenvalue weighted by atomic mass is 9.78. The van der Waals surface area contributed by atoms with Gasteiger partial charge in [0.05, 0.1) is 0 Å². The number of hydrogen-bond acceptors (Lipinski definition) is 1. The molecule has 1 rings (SSSR count). The van der Waals surface area contributed by atoms with E-state index in [-0.39, 0.29) is 12.4 Å². The summed E-state index contributed by atoms with van der Waals surface area (Å²) in [6.45, 7) is 2.24. The van der Waals surface area contributed by atoms with E-state index in [2.05, 4.69) is 6.92 Å². The summed E-state index contributed by atoms with van der Waals surface area (Å²) in [7, 11) is 0. The van der Waals surface area contributed by atoms with E-state index in [4.69, 9.17) is 5.11 Å². The molecular formula is C13H25ClO2. The molecule has 1 aliphatic carbocycles. The van der Waals surface area contributed by atoms with Crippen molar-refractivity contribution >= 4 is 18.4 Å². The third-order valence-corrected chi connectivity index (χ3v) is 3.65. The van der Waals surface area contributed by atoms with Gasteiger partial charge < -0.3 is 5.11 Å². The van der Waals surface area contributed by atoms with Crippen LogP contribution in [-0.4, -0.2) is 11.1 Å². The van der Waals surface area contributed by atoms with E-state index in [9.17, 15) is 4.79 Å². The molecule has 1 saturated carbocycles. The van der Waals surface area contributed by atoms with Crippen LogP contribution in [0.4, 0.5) is 0 Å². The van der Waals surface area contributed by atoms with Crippen molar-refractivity contribution < 1.29 is 9.90 Å². The first-order chi connectivity index (χ1) is 7.22. The summed E-state index contributed by atoms with van der Waals surface area (Å²) in [5, 5.41) is 8.70. The number of carbonyl (C=O) groups is 1. The molecule has 0 saturated heterocycles. The Morgan fingerprint density at radius 1 is 1.12 bits per heavy atom. The number of carboxylic acid groups (broad SMARTS) is 1. The molecule has 1 fully saturated rings. The maximum atomic E-state index is 10.6. The van der Waals surface area contributed by atoms with Gasteiger partial charge in [-0.1, -0.05) is 45.4 Å². The van der Waals surface area contributed by atoms with Crippen molar-refractivity contribution in [1.82, 2.24) is 0 Å². The second kappa shape index (κ2) is 8.86. The number of halogens is 1. The van der Waals surface area contributed by atoms with Crippen LogP contribution in [-0.2, 0) is 4.79 Å². The average molecular weight is 249 g/mol. The third-order valence-electron chi connectivity index (χ3n) is 3.65. The van der Waals surface area contributed by atoms with Crippen LogP contribution in [0.5, 0.6) is 0 Å². The molecule has 1 N–H and O–H groups in total. The summed E-state index contributed by atoms with van der Waals surface area (Å²) in [5.74, 6) is 0.732. The highest BCUT2D eigenvalue weighted by Gasteiger charge is 2.22. The van der Waals surface area contributed by atoms with Gasteiger partial charge in [-0.05, 0) is 24.7 Å². The lowest BCUT2D eigenvalue weighted by Crippen LogP contribution is -2.17.